The molecule has 0 radical (unpaired) electrons. The highest BCUT2D eigenvalue weighted by Crippen LogP contribution is 2.39. The van der Waals surface area contributed by atoms with Crippen molar-refractivity contribution in [1.29, 1.82) is 0 Å². The maximum Gasteiger partial charge on any atom is 0.511 e. The zero-order valence-corrected chi connectivity index (χ0v) is 24.6. The molecule has 0 aliphatic heterocycles. The largest absolute Gasteiger partial charge is 0.511 e. The second-order valence-electron chi connectivity index (χ2n) is 9.28. The van der Waals surface area contributed by atoms with Crippen LogP contribution in [0.3, 0.4) is 0 Å². The second-order valence-corrected chi connectivity index (χ2v) is 10.5. The Balaban J connectivity index is 1.54. The van der Waals surface area contributed by atoms with Gasteiger partial charge in [0.1, 0.15) is 36.7 Å². The molecule has 3 N–H and O–H groups in total. The van der Waals surface area contributed by atoms with Crippen molar-refractivity contribution in [2.24, 2.45) is 0 Å². The molecule has 2 aromatic heterocycles. The van der Waals surface area contributed by atoms with Crippen LogP contribution in [0.4, 0.5) is 18.0 Å². The lowest BCUT2D eigenvalue weighted by Crippen LogP contribution is -2.41. The topological polar surface area (TPSA) is 188 Å². The van der Waals surface area contributed by atoms with Crippen LogP contribution in [0.5, 0.6) is 0 Å². The predicted molar refractivity (Wildman–Crippen MR) is 140 cm³/mol. The number of hydrogen-bond acceptors (Lipinski definition) is 11. The smallest absolute Gasteiger partial charge is 0.432 e. The Bertz CT molecular complexity index is 1430. The van der Waals surface area contributed by atoms with Gasteiger partial charge in [0.2, 0.25) is 12.6 Å². The molecule has 0 bridgehead atoms. The van der Waals surface area contributed by atoms with Gasteiger partial charge in [-0.2, -0.15) is 4.57 Å². The predicted octanol–water partition coefficient (Wildman–Crippen LogP) is 1.88. The van der Waals surface area contributed by atoms with E-state index in [0.29, 0.717) is 6.07 Å². The highest BCUT2D eigenvalue weighted by atomic mass is 31.2. The number of carbonyl (C=O) groups is 1. The summed E-state index contributed by atoms with van der Waals surface area (Å²) in [6, 6.07) is 2.62. The lowest BCUT2D eigenvalue weighted by molar-refractivity contribution is -0.754. The Hall–Kier alpha value is -3.51. The van der Waals surface area contributed by atoms with Crippen molar-refractivity contribution in [3.8, 4) is 0 Å². The van der Waals surface area contributed by atoms with E-state index < -0.39 is 55.7 Å². The molecule has 3 rings (SSSR count). The molecule has 1 aromatic carbocycles. The zero-order chi connectivity index (χ0) is 32.3. The van der Waals surface area contributed by atoms with E-state index in [4.69, 9.17) is 28.7 Å². The second kappa shape index (κ2) is 16.0. The van der Waals surface area contributed by atoms with Gasteiger partial charge in [-0.15, -0.1) is 4.68 Å². The van der Waals surface area contributed by atoms with E-state index in [1.165, 1.54) is 35.8 Å². The zero-order valence-electron chi connectivity index (χ0n) is 23.7. The summed E-state index contributed by atoms with van der Waals surface area (Å²) in [7, 11) is -4.54. The van der Waals surface area contributed by atoms with Crippen LogP contribution in [0.25, 0.3) is 0 Å². The lowest BCUT2D eigenvalue weighted by atomic mass is 9.79. The van der Waals surface area contributed by atoms with Crippen LogP contribution in [0.1, 0.15) is 37.3 Å². The maximum absolute atomic E-state index is 14.9. The number of nitrogens with zero attached hydrogens (tertiary/aromatic N) is 5. The Kier molecular flexibility index (Phi) is 12.7. The van der Waals surface area contributed by atoms with Gasteiger partial charge in [-0.05, 0) is 6.07 Å². The Morgan fingerprint density at radius 1 is 1.07 bits per heavy atom. The molecule has 3 atom stereocenters. The summed E-state index contributed by atoms with van der Waals surface area (Å²) in [6.07, 6.45) is 2.64. The molecule has 242 valence electrons. The molecule has 3 aromatic rings. The van der Waals surface area contributed by atoms with Crippen molar-refractivity contribution in [3.63, 3.8) is 0 Å². The molecule has 0 amide bonds. The first-order valence-corrected chi connectivity index (χ1v) is 14.6. The van der Waals surface area contributed by atoms with Crippen molar-refractivity contribution in [1.82, 2.24) is 19.7 Å². The van der Waals surface area contributed by atoms with E-state index in [9.17, 15) is 27.6 Å². The van der Waals surface area contributed by atoms with Crippen LogP contribution < -0.4 is 4.57 Å². The van der Waals surface area contributed by atoms with E-state index in [-0.39, 0.29) is 50.9 Å². The fourth-order valence-corrected chi connectivity index (χ4v) is 4.29. The summed E-state index contributed by atoms with van der Waals surface area (Å²) in [5.41, 5.74) is -2.68. The van der Waals surface area contributed by atoms with E-state index in [1.54, 1.807) is 0 Å². The SMILES string of the molecule is CC(OC(=O)OCCOCCOCCOP(=O)(O)O)[n+]1cnn(CC(O)(c2ccc(F)cc2F)[C@@H](C)c2ncncc2F)c1. The van der Waals surface area contributed by atoms with E-state index in [1.807, 2.05) is 0 Å². The summed E-state index contributed by atoms with van der Waals surface area (Å²) >= 11 is 0. The van der Waals surface area contributed by atoms with Crippen molar-refractivity contribution < 1.29 is 65.5 Å². The van der Waals surface area contributed by atoms with Gasteiger partial charge in [-0.3, -0.25) is 4.52 Å². The minimum atomic E-state index is -4.54. The number of phosphoric acid groups is 1. The molecule has 44 heavy (non-hydrogen) atoms. The third kappa shape index (κ3) is 10.3. The molecule has 0 aliphatic carbocycles. The Morgan fingerprint density at radius 3 is 2.41 bits per heavy atom. The van der Waals surface area contributed by atoms with E-state index >= 15 is 0 Å². The molecule has 0 fully saturated rings. The molecule has 0 saturated carbocycles. The summed E-state index contributed by atoms with van der Waals surface area (Å²) in [5, 5.41) is 15.9. The van der Waals surface area contributed by atoms with Crippen molar-refractivity contribution >= 4 is 14.0 Å². The van der Waals surface area contributed by atoms with Gasteiger partial charge in [0.05, 0.1) is 44.9 Å². The van der Waals surface area contributed by atoms with E-state index in [0.717, 1.165) is 24.7 Å². The first kappa shape index (κ1) is 35.0. The molecule has 2 unspecified atom stereocenters. The molecular formula is C25H32F3N5O10P+. The summed E-state index contributed by atoms with van der Waals surface area (Å²) < 4.78 is 80.8. The number of halogens is 3. The summed E-state index contributed by atoms with van der Waals surface area (Å²) in [4.78, 5) is 36.7. The standard InChI is InChI=1S/C25H31F3N5O10P/c1-17(23-22(28)12-29-14-30-23)25(35,20-4-3-19(26)11-21(20)27)13-33-16-32(15-31-33)18(2)43-24(34)41-9-7-39-5-6-40-8-10-42-44(36,37)38/h3-4,11-12,14-18,35H,5-10,13H2,1-2H3,(H-,36,37,38)/p+1/t17-,18?,25?/m0/s1. The number of aliphatic hydroxyl groups is 1. The third-order valence-electron chi connectivity index (χ3n) is 6.22. The average molecular weight is 651 g/mol. The van der Waals surface area contributed by atoms with Crippen molar-refractivity contribution in [2.45, 2.75) is 38.1 Å². The monoisotopic (exact) mass is 650 g/mol. The quantitative estimate of drug-likeness (QED) is 0.0832. The normalized spacial score (nSPS) is 14.5. The van der Waals surface area contributed by atoms with Crippen LogP contribution in [-0.2, 0) is 40.2 Å². The van der Waals surface area contributed by atoms with Crippen LogP contribution in [0.15, 0.2) is 43.4 Å². The Labute approximate surface area is 249 Å². The molecule has 2 heterocycles. The molecule has 15 nitrogen and oxygen atoms in total. The van der Waals surface area contributed by atoms with Gasteiger partial charge >= 0.3 is 14.0 Å². The van der Waals surface area contributed by atoms with Gasteiger partial charge < -0.3 is 33.8 Å². The summed E-state index contributed by atoms with van der Waals surface area (Å²) in [5.74, 6) is -3.91. The molecule has 0 spiro atoms. The first-order valence-electron chi connectivity index (χ1n) is 13.1. The van der Waals surface area contributed by atoms with Crippen LogP contribution >= 0.6 is 7.82 Å². The van der Waals surface area contributed by atoms with Gasteiger partial charge in [0, 0.05) is 29.6 Å². The number of carbonyl (C=O) groups excluding carboxylic acids is 1. The maximum atomic E-state index is 14.9. The molecule has 0 saturated heterocycles. The fraction of sp³-hybridized carbons (Fsp3) is 0.480. The average Bonchev–Trinajstić information content (AvgIpc) is 3.41. The molecule has 19 heteroatoms. The minimum absolute atomic E-state index is 0.0144. The molecule has 0 aliphatic rings. The van der Waals surface area contributed by atoms with Crippen LogP contribution in [-0.4, -0.2) is 80.4 Å². The van der Waals surface area contributed by atoms with Crippen molar-refractivity contribution in [2.75, 3.05) is 39.6 Å². The van der Waals surface area contributed by atoms with Crippen LogP contribution in [0, 0.1) is 17.5 Å². The highest BCUT2D eigenvalue weighted by molar-refractivity contribution is 7.46. The third-order valence-corrected chi connectivity index (χ3v) is 6.74. The highest BCUT2D eigenvalue weighted by Gasteiger charge is 2.43. The number of hydrogen-bond donors (Lipinski definition) is 3. The number of benzene rings is 1. The van der Waals surface area contributed by atoms with E-state index in [2.05, 4.69) is 19.6 Å². The molecular weight excluding hydrogens is 618 g/mol. The minimum Gasteiger partial charge on any atom is -0.432 e. The number of rotatable bonds is 17. The first-order chi connectivity index (χ1) is 20.8. The van der Waals surface area contributed by atoms with Gasteiger partial charge in [-0.25, -0.2) is 32.5 Å². The van der Waals surface area contributed by atoms with Crippen LogP contribution in [0.2, 0.25) is 0 Å². The number of aromatic nitrogens is 5. The number of ether oxygens (including phenoxy) is 4. The summed E-state index contributed by atoms with van der Waals surface area (Å²) in [6.45, 7) is 2.26. The fourth-order valence-electron chi connectivity index (χ4n) is 3.97. The van der Waals surface area contributed by atoms with Crippen molar-refractivity contribution in [3.05, 3.63) is 72.1 Å². The lowest BCUT2D eigenvalue weighted by Gasteiger charge is -2.32. The van der Waals surface area contributed by atoms with Gasteiger partial charge in [0.15, 0.2) is 5.82 Å². The number of phosphoric ester groups is 1. The Morgan fingerprint density at radius 2 is 1.75 bits per heavy atom. The van der Waals surface area contributed by atoms with Gasteiger partial charge in [0.25, 0.3) is 6.33 Å². The van der Waals surface area contributed by atoms with Gasteiger partial charge in [-0.1, -0.05) is 13.0 Å².